The minimum atomic E-state index is -0.764. The summed E-state index contributed by atoms with van der Waals surface area (Å²) < 4.78 is 0. The lowest BCUT2D eigenvalue weighted by atomic mass is 10.00. The third-order valence-corrected chi connectivity index (χ3v) is 4.30. The van der Waals surface area contributed by atoms with E-state index in [1.165, 1.54) is 11.3 Å². The van der Waals surface area contributed by atoms with Crippen molar-refractivity contribution in [2.24, 2.45) is 0 Å². The number of carbonyl (C=O) groups is 2. The van der Waals surface area contributed by atoms with Gasteiger partial charge in [-0.15, -0.1) is 11.3 Å². The summed E-state index contributed by atoms with van der Waals surface area (Å²) in [5, 5.41) is 6.39. The average Bonchev–Trinajstić information content (AvgIpc) is 2.83. The van der Waals surface area contributed by atoms with Crippen molar-refractivity contribution in [3.8, 4) is 0 Å². The van der Waals surface area contributed by atoms with Gasteiger partial charge in [0.2, 0.25) is 5.91 Å². The van der Waals surface area contributed by atoms with E-state index < -0.39 is 5.54 Å². The number of aromatic nitrogens is 1. The first kappa shape index (κ1) is 14.9. The van der Waals surface area contributed by atoms with E-state index in [4.69, 9.17) is 0 Å². The van der Waals surface area contributed by atoms with E-state index in [0.717, 1.165) is 24.4 Å². The number of nitrogens with zero attached hydrogens (tertiary/aromatic N) is 2. The summed E-state index contributed by atoms with van der Waals surface area (Å²) in [7, 11) is 0. The van der Waals surface area contributed by atoms with Gasteiger partial charge in [-0.25, -0.2) is 4.98 Å². The Morgan fingerprint density at radius 3 is 2.95 bits per heavy atom. The Morgan fingerprint density at radius 1 is 1.50 bits per heavy atom. The summed E-state index contributed by atoms with van der Waals surface area (Å²) >= 11 is 1.52. The molecule has 1 aliphatic rings. The van der Waals surface area contributed by atoms with Crippen molar-refractivity contribution in [3.63, 3.8) is 0 Å². The molecule has 0 aliphatic carbocycles. The lowest BCUT2D eigenvalue weighted by Gasteiger charge is -2.39. The fourth-order valence-electron chi connectivity index (χ4n) is 1.98. The normalized spacial score (nSPS) is 18.2. The van der Waals surface area contributed by atoms with Gasteiger partial charge >= 0.3 is 0 Å². The van der Waals surface area contributed by atoms with Crippen LogP contribution in [-0.2, 0) is 16.1 Å². The van der Waals surface area contributed by atoms with Crippen LogP contribution < -0.4 is 15.5 Å². The third-order valence-electron chi connectivity index (χ3n) is 3.28. The van der Waals surface area contributed by atoms with E-state index in [0.29, 0.717) is 5.13 Å². The van der Waals surface area contributed by atoms with Crippen LogP contribution in [0.1, 0.15) is 32.1 Å². The van der Waals surface area contributed by atoms with Crippen LogP contribution in [0.2, 0.25) is 0 Å². The minimum Gasteiger partial charge on any atom is -0.325 e. The predicted octanol–water partition coefficient (Wildman–Crippen LogP) is 0.884. The number of anilines is 1. The molecule has 110 valence electrons. The number of amides is 2. The lowest BCUT2D eigenvalue weighted by Crippen LogP contribution is -2.64. The molecule has 0 atom stereocenters. The Labute approximate surface area is 122 Å². The van der Waals surface area contributed by atoms with Crippen LogP contribution in [0.3, 0.4) is 0 Å². The van der Waals surface area contributed by atoms with Crippen molar-refractivity contribution in [1.29, 1.82) is 0 Å². The summed E-state index contributed by atoms with van der Waals surface area (Å²) in [6.07, 6.45) is 2.88. The van der Waals surface area contributed by atoms with Crippen molar-refractivity contribution in [2.75, 3.05) is 18.0 Å². The first-order chi connectivity index (χ1) is 9.45. The van der Waals surface area contributed by atoms with Crippen LogP contribution in [0.5, 0.6) is 0 Å². The molecule has 1 aliphatic heterocycles. The van der Waals surface area contributed by atoms with Crippen molar-refractivity contribution in [2.45, 2.75) is 39.3 Å². The Kier molecular flexibility index (Phi) is 4.39. The fraction of sp³-hybridized carbons (Fsp3) is 0.615. The van der Waals surface area contributed by atoms with E-state index in [2.05, 4.69) is 22.5 Å². The molecule has 0 spiro atoms. The summed E-state index contributed by atoms with van der Waals surface area (Å²) in [6.45, 7) is 7.60. The predicted molar refractivity (Wildman–Crippen MR) is 78.7 cm³/mol. The van der Waals surface area contributed by atoms with Crippen LogP contribution >= 0.6 is 11.3 Å². The third kappa shape index (κ3) is 2.99. The highest BCUT2D eigenvalue weighted by Crippen LogP contribution is 2.30. The van der Waals surface area contributed by atoms with E-state index in [1.54, 1.807) is 24.9 Å². The molecule has 1 aromatic rings. The molecule has 2 N–H and O–H groups in total. The molecule has 1 fully saturated rings. The van der Waals surface area contributed by atoms with Crippen LogP contribution in [0.25, 0.3) is 0 Å². The summed E-state index contributed by atoms with van der Waals surface area (Å²) in [4.78, 5) is 30.7. The number of carbonyl (C=O) groups excluding carboxylic acids is 2. The molecule has 0 unspecified atom stereocenters. The first-order valence-electron chi connectivity index (χ1n) is 6.72. The summed E-state index contributed by atoms with van der Waals surface area (Å²) in [5.41, 5.74) is -0.764. The van der Waals surface area contributed by atoms with Crippen LogP contribution in [-0.4, -0.2) is 35.4 Å². The first-order valence-corrected chi connectivity index (χ1v) is 7.54. The van der Waals surface area contributed by atoms with E-state index in [-0.39, 0.29) is 18.4 Å². The second-order valence-electron chi connectivity index (χ2n) is 5.31. The molecule has 7 heteroatoms. The van der Waals surface area contributed by atoms with Gasteiger partial charge in [0, 0.05) is 17.6 Å². The van der Waals surface area contributed by atoms with E-state index >= 15 is 0 Å². The number of hydrogen-bond donors (Lipinski definition) is 2. The largest absolute Gasteiger partial charge is 0.325 e. The van der Waals surface area contributed by atoms with Gasteiger partial charge in [-0.1, -0.05) is 6.92 Å². The highest BCUT2D eigenvalue weighted by atomic mass is 32.1. The lowest BCUT2D eigenvalue weighted by molar-refractivity contribution is -0.135. The molecule has 20 heavy (non-hydrogen) atoms. The van der Waals surface area contributed by atoms with E-state index in [1.807, 2.05) is 0 Å². The van der Waals surface area contributed by atoms with Gasteiger partial charge in [0.1, 0.15) is 12.1 Å². The highest BCUT2D eigenvalue weighted by molar-refractivity contribution is 7.15. The van der Waals surface area contributed by atoms with Crippen molar-refractivity contribution in [3.05, 3.63) is 11.1 Å². The van der Waals surface area contributed by atoms with Crippen LogP contribution in [0, 0.1) is 0 Å². The zero-order valence-corrected chi connectivity index (χ0v) is 12.8. The Morgan fingerprint density at radius 2 is 2.25 bits per heavy atom. The van der Waals surface area contributed by atoms with Gasteiger partial charge in [0.15, 0.2) is 5.13 Å². The number of thiazole rings is 1. The highest BCUT2D eigenvalue weighted by Gasteiger charge is 2.42. The zero-order valence-electron chi connectivity index (χ0n) is 12.0. The van der Waals surface area contributed by atoms with Crippen LogP contribution in [0.15, 0.2) is 6.20 Å². The molecular formula is C13H20N4O2S. The van der Waals surface area contributed by atoms with Crippen molar-refractivity contribution >= 4 is 28.3 Å². The van der Waals surface area contributed by atoms with Gasteiger partial charge < -0.3 is 10.2 Å². The molecule has 0 saturated carbocycles. The quantitative estimate of drug-likeness (QED) is 0.623. The van der Waals surface area contributed by atoms with Crippen LogP contribution in [0.4, 0.5) is 5.13 Å². The second kappa shape index (κ2) is 5.88. The molecule has 2 heterocycles. The molecule has 6 nitrogen and oxygen atoms in total. The number of piperazine rings is 1. The average molecular weight is 296 g/mol. The minimum absolute atomic E-state index is 0.161. The summed E-state index contributed by atoms with van der Waals surface area (Å²) in [6, 6.07) is 0. The molecular weight excluding hydrogens is 276 g/mol. The Bertz CT molecular complexity index is 512. The topological polar surface area (TPSA) is 74.3 Å². The Balaban J connectivity index is 2.13. The van der Waals surface area contributed by atoms with Gasteiger partial charge in [-0.05, 0) is 26.8 Å². The van der Waals surface area contributed by atoms with Gasteiger partial charge in [0.25, 0.3) is 5.91 Å². The number of hydrogen-bond acceptors (Lipinski definition) is 6. The van der Waals surface area contributed by atoms with Gasteiger partial charge in [-0.3, -0.25) is 14.9 Å². The van der Waals surface area contributed by atoms with Crippen molar-refractivity contribution in [1.82, 2.24) is 15.6 Å². The zero-order chi connectivity index (χ0) is 14.8. The second-order valence-corrected chi connectivity index (χ2v) is 6.40. The molecule has 0 bridgehead atoms. The maximum atomic E-state index is 11.9. The monoisotopic (exact) mass is 296 g/mol. The maximum Gasteiger partial charge on any atom is 0.251 e. The fourth-order valence-corrected chi connectivity index (χ4v) is 3.00. The van der Waals surface area contributed by atoms with Crippen molar-refractivity contribution < 1.29 is 9.59 Å². The smallest absolute Gasteiger partial charge is 0.251 e. The molecule has 2 rings (SSSR count). The standard InChI is InChI=1S/C13H20N4O2S/c1-4-5-14-6-9-7-15-12(20-9)17-8-10(18)16-11(19)13(17,2)3/h7,14H,4-6,8H2,1-3H3,(H,16,18,19). The molecule has 0 radical (unpaired) electrons. The number of imide groups is 1. The molecule has 1 saturated heterocycles. The number of nitrogens with one attached hydrogen (secondary N) is 2. The summed E-state index contributed by atoms with van der Waals surface area (Å²) in [5.74, 6) is -0.565. The maximum absolute atomic E-state index is 11.9. The molecule has 1 aromatic heterocycles. The molecule has 2 amide bonds. The number of rotatable bonds is 5. The van der Waals surface area contributed by atoms with Gasteiger partial charge in [0.05, 0.1) is 0 Å². The van der Waals surface area contributed by atoms with Gasteiger partial charge in [-0.2, -0.15) is 0 Å². The SMILES string of the molecule is CCCNCc1cnc(N2CC(=O)NC(=O)C2(C)C)s1. The molecule has 0 aromatic carbocycles. The van der Waals surface area contributed by atoms with E-state index in [9.17, 15) is 9.59 Å². The Hall–Kier alpha value is -1.47.